The maximum Gasteiger partial charge on any atom is 0.0867 e. The Bertz CT molecular complexity index is 589. The van der Waals surface area contributed by atoms with Crippen molar-refractivity contribution in [2.45, 2.75) is 53.6 Å². The van der Waals surface area contributed by atoms with Gasteiger partial charge in [0.15, 0.2) is 0 Å². The minimum Gasteiger partial charge on any atom is -0.382 e. The van der Waals surface area contributed by atoms with Crippen molar-refractivity contribution in [3.05, 3.63) is 40.7 Å². The van der Waals surface area contributed by atoms with E-state index in [1.54, 1.807) is 7.11 Å². The summed E-state index contributed by atoms with van der Waals surface area (Å²) in [6.45, 7) is 15.3. The molecule has 0 spiro atoms. The van der Waals surface area contributed by atoms with Gasteiger partial charge in [-0.1, -0.05) is 32.9 Å². The Morgan fingerprint density at radius 3 is 2.75 bits per heavy atom. The Labute approximate surface area is 147 Å². The van der Waals surface area contributed by atoms with Gasteiger partial charge in [-0.3, -0.25) is 0 Å². The molecule has 1 N–H and O–H groups in total. The summed E-state index contributed by atoms with van der Waals surface area (Å²) < 4.78 is 10.6. The van der Waals surface area contributed by atoms with E-state index in [0.717, 1.165) is 24.5 Å². The molecular weight excluding hydrogens is 298 g/mol. The van der Waals surface area contributed by atoms with E-state index >= 15 is 0 Å². The normalized spacial score (nSPS) is 20.8. The number of hydrogen-bond donors (Lipinski definition) is 1. The molecule has 0 saturated heterocycles. The molecule has 134 valence electrons. The predicted octanol–water partition coefficient (Wildman–Crippen LogP) is 5.27. The predicted molar refractivity (Wildman–Crippen MR) is 101 cm³/mol. The zero-order valence-electron chi connectivity index (χ0n) is 16.0. The van der Waals surface area contributed by atoms with Crippen LogP contribution in [0.3, 0.4) is 0 Å². The number of rotatable bonds is 6. The van der Waals surface area contributed by atoms with Crippen LogP contribution in [0.25, 0.3) is 6.08 Å². The molecule has 0 aliphatic heterocycles. The molecule has 1 heterocycles. The summed E-state index contributed by atoms with van der Waals surface area (Å²) in [6.07, 6.45) is 5.79. The number of ether oxygens (including phenoxy) is 2. The molecule has 1 unspecified atom stereocenters. The molecule has 2 rings (SSSR count). The third kappa shape index (κ3) is 5.09. The number of aromatic nitrogens is 1. The SMILES string of the molecule is C=C1CCC(C(C)(C)C)C/C1=C/c1[nH]c(COCCOC)cc1C. The van der Waals surface area contributed by atoms with Crippen molar-refractivity contribution in [2.24, 2.45) is 11.3 Å². The van der Waals surface area contributed by atoms with Crippen molar-refractivity contribution < 1.29 is 9.47 Å². The molecule has 1 saturated carbocycles. The molecule has 1 atom stereocenters. The van der Waals surface area contributed by atoms with Crippen molar-refractivity contribution in [1.82, 2.24) is 4.98 Å². The number of aromatic amines is 1. The average molecular weight is 332 g/mol. The Balaban J connectivity index is 2.08. The van der Waals surface area contributed by atoms with E-state index in [9.17, 15) is 0 Å². The molecule has 0 radical (unpaired) electrons. The number of aryl methyl sites for hydroxylation is 1. The fourth-order valence-electron chi connectivity index (χ4n) is 3.29. The van der Waals surface area contributed by atoms with Crippen LogP contribution in [-0.4, -0.2) is 25.3 Å². The van der Waals surface area contributed by atoms with E-state index in [1.807, 2.05) is 0 Å². The third-order valence-corrected chi connectivity index (χ3v) is 5.06. The summed E-state index contributed by atoms with van der Waals surface area (Å²) in [7, 11) is 1.69. The van der Waals surface area contributed by atoms with Crippen LogP contribution < -0.4 is 0 Å². The van der Waals surface area contributed by atoms with Crippen molar-refractivity contribution in [1.29, 1.82) is 0 Å². The minimum absolute atomic E-state index is 0.352. The van der Waals surface area contributed by atoms with Gasteiger partial charge in [0.2, 0.25) is 0 Å². The summed E-state index contributed by atoms with van der Waals surface area (Å²) in [5, 5.41) is 0. The minimum atomic E-state index is 0.352. The highest BCUT2D eigenvalue weighted by Gasteiger charge is 2.29. The molecule has 0 bridgehead atoms. The van der Waals surface area contributed by atoms with E-state index in [2.05, 4.69) is 51.4 Å². The van der Waals surface area contributed by atoms with Gasteiger partial charge in [-0.2, -0.15) is 0 Å². The lowest BCUT2D eigenvalue weighted by atomic mass is 9.69. The highest BCUT2D eigenvalue weighted by atomic mass is 16.5. The third-order valence-electron chi connectivity index (χ3n) is 5.06. The number of nitrogens with one attached hydrogen (secondary N) is 1. The smallest absolute Gasteiger partial charge is 0.0867 e. The summed E-state index contributed by atoms with van der Waals surface area (Å²) >= 11 is 0. The highest BCUT2D eigenvalue weighted by molar-refractivity contribution is 5.59. The summed E-state index contributed by atoms with van der Waals surface area (Å²) in [6, 6.07) is 2.17. The van der Waals surface area contributed by atoms with Gasteiger partial charge in [-0.15, -0.1) is 0 Å². The number of hydrogen-bond acceptors (Lipinski definition) is 2. The van der Waals surface area contributed by atoms with Crippen LogP contribution in [-0.2, 0) is 16.1 Å². The summed E-state index contributed by atoms with van der Waals surface area (Å²) in [5.41, 5.74) is 6.61. The van der Waals surface area contributed by atoms with Gasteiger partial charge in [0.05, 0.1) is 19.8 Å². The van der Waals surface area contributed by atoms with Crippen molar-refractivity contribution in [3.63, 3.8) is 0 Å². The van der Waals surface area contributed by atoms with E-state index < -0.39 is 0 Å². The average Bonchev–Trinajstić information content (AvgIpc) is 2.85. The monoisotopic (exact) mass is 331 g/mol. The van der Waals surface area contributed by atoms with E-state index in [0.29, 0.717) is 25.2 Å². The van der Waals surface area contributed by atoms with Gasteiger partial charge in [-0.25, -0.2) is 0 Å². The Kier molecular flexibility index (Phi) is 6.47. The molecule has 1 aliphatic carbocycles. The molecule has 1 aliphatic rings. The molecule has 1 aromatic heterocycles. The van der Waals surface area contributed by atoms with Crippen LogP contribution in [0.5, 0.6) is 0 Å². The first-order chi connectivity index (χ1) is 11.3. The van der Waals surface area contributed by atoms with E-state index in [-0.39, 0.29) is 0 Å². The Hall–Kier alpha value is -1.32. The van der Waals surface area contributed by atoms with Crippen molar-refractivity contribution >= 4 is 6.08 Å². The van der Waals surface area contributed by atoms with E-state index in [4.69, 9.17) is 9.47 Å². The standard InChI is InChI=1S/C21H33NO2/c1-15-7-8-18(21(3,4)5)12-17(15)13-20-16(2)11-19(22-20)14-24-10-9-23-6/h11,13,18,22H,1,7-10,12,14H2,2-6H3/b17-13-. The lowest BCUT2D eigenvalue weighted by molar-refractivity contribution is 0.0604. The fraction of sp³-hybridized carbons (Fsp3) is 0.619. The fourth-order valence-corrected chi connectivity index (χ4v) is 3.29. The Morgan fingerprint density at radius 2 is 2.08 bits per heavy atom. The molecule has 0 amide bonds. The first-order valence-corrected chi connectivity index (χ1v) is 8.95. The second-order valence-corrected chi connectivity index (χ2v) is 8.02. The van der Waals surface area contributed by atoms with Gasteiger partial charge >= 0.3 is 0 Å². The van der Waals surface area contributed by atoms with Gasteiger partial charge < -0.3 is 14.5 Å². The van der Waals surface area contributed by atoms with Gasteiger partial charge in [-0.05, 0) is 60.8 Å². The molecular formula is C21H33NO2. The number of allylic oxidation sites excluding steroid dienone is 2. The zero-order valence-corrected chi connectivity index (χ0v) is 16.0. The van der Waals surface area contributed by atoms with Gasteiger partial charge in [0.25, 0.3) is 0 Å². The second-order valence-electron chi connectivity index (χ2n) is 8.02. The van der Waals surface area contributed by atoms with Gasteiger partial charge in [0.1, 0.15) is 0 Å². The Morgan fingerprint density at radius 1 is 1.33 bits per heavy atom. The number of H-pyrrole nitrogens is 1. The molecule has 0 aromatic carbocycles. The van der Waals surface area contributed by atoms with Crippen LogP contribution in [0.15, 0.2) is 23.8 Å². The summed E-state index contributed by atoms with van der Waals surface area (Å²) in [5.74, 6) is 0.723. The van der Waals surface area contributed by atoms with Gasteiger partial charge in [0, 0.05) is 18.5 Å². The lowest BCUT2D eigenvalue weighted by Crippen LogP contribution is -2.24. The molecule has 1 aromatic rings. The van der Waals surface area contributed by atoms with Crippen LogP contribution >= 0.6 is 0 Å². The first-order valence-electron chi connectivity index (χ1n) is 8.95. The summed E-state index contributed by atoms with van der Waals surface area (Å²) in [4.78, 5) is 3.50. The zero-order chi connectivity index (χ0) is 17.7. The van der Waals surface area contributed by atoms with Crippen LogP contribution in [0.4, 0.5) is 0 Å². The molecule has 3 heteroatoms. The van der Waals surface area contributed by atoms with Crippen LogP contribution in [0.2, 0.25) is 0 Å². The second kappa shape index (κ2) is 8.17. The highest BCUT2D eigenvalue weighted by Crippen LogP contribution is 2.42. The molecule has 24 heavy (non-hydrogen) atoms. The number of methoxy groups -OCH3 is 1. The quantitative estimate of drug-likeness (QED) is 0.720. The van der Waals surface area contributed by atoms with Crippen molar-refractivity contribution in [2.75, 3.05) is 20.3 Å². The molecule has 3 nitrogen and oxygen atoms in total. The topological polar surface area (TPSA) is 34.2 Å². The lowest BCUT2D eigenvalue weighted by Gasteiger charge is -2.36. The maximum atomic E-state index is 5.61. The van der Waals surface area contributed by atoms with Crippen LogP contribution in [0, 0.1) is 18.3 Å². The maximum absolute atomic E-state index is 5.61. The van der Waals surface area contributed by atoms with Crippen LogP contribution in [0.1, 0.15) is 57.0 Å². The molecule has 1 fully saturated rings. The largest absolute Gasteiger partial charge is 0.382 e. The van der Waals surface area contributed by atoms with Crippen molar-refractivity contribution in [3.8, 4) is 0 Å². The van der Waals surface area contributed by atoms with E-state index in [1.165, 1.54) is 28.8 Å². The first kappa shape index (κ1) is 19.0.